The minimum atomic E-state index is -0.174. The summed E-state index contributed by atoms with van der Waals surface area (Å²) in [5.41, 5.74) is 10.5. The SMILES string of the molecule is Cc1cc(C(C)C(=N)c2ccccc2C(N)=NC2CCOC(C)(C)C2)ccn1. The van der Waals surface area contributed by atoms with Crippen molar-refractivity contribution in [3.63, 3.8) is 0 Å². The van der Waals surface area contributed by atoms with Crippen molar-refractivity contribution in [3.8, 4) is 0 Å². The largest absolute Gasteiger partial charge is 0.383 e. The van der Waals surface area contributed by atoms with Crippen LogP contribution in [-0.2, 0) is 4.74 Å². The van der Waals surface area contributed by atoms with E-state index in [9.17, 15) is 0 Å². The third-order valence-corrected chi connectivity index (χ3v) is 5.34. The third kappa shape index (κ3) is 4.65. The summed E-state index contributed by atoms with van der Waals surface area (Å²) >= 11 is 0. The molecule has 2 heterocycles. The first-order valence-corrected chi connectivity index (χ1v) is 9.85. The van der Waals surface area contributed by atoms with Gasteiger partial charge in [-0.1, -0.05) is 31.2 Å². The zero-order valence-corrected chi connectivity index (χ0v) is 17.2. The Hall–Kier alpha value is -2.53. The fraction of sp³-hybridized carbons (Fsp3) is 0.435. The smallest absolute Gasteiger partial charge is 0.126 e. The van der Waals surface area contributed by atoms with Crippen molar-refractivity contribution in [3.05, 3.63) is 65.0 Å². The second-order valence-corrected chi connectivity index (χ2v) is 8.18. The summed E-state index contributed by atoms with van der Waals surface area (Å²) in [6.45, 7) is 8.89. The number of pyridine rings is 1. The van der Waals surface area contributed by atoms with Gasteiger partial charge in [0.25, 0.3) is 0 Å². The van der Waals surface area contributed by atoms with Crippen LogP contribution in [0.3, 0.4) is 0 Å². The van der Waals surface area contributed by atoms with E-state index in [0.717, 1.165) is 35.2 Å². The number of aliphatic imine (C=N–C) groups is 1. The number of nitrogens with one attached hydrogen (secondary N) is 1. The molecule has 2 atom stereocenters. The molecule has 3 N–H and O–H groups in total. The Bertz CT molecular complexity index is 888. The summed E-state index contributed by atoms with van der Waals surface area (Å²) in [6, 6.07) is 12.0. The van der Waals surface area contributed by atoms with E-state index in [-0.39, 0.29) is 17.6 Å². The average molecular weight is 379 g/mol. The van der Waals surface area contributed by atoms with E-state index in [1.165, 1.54) is 0 Å². The van der Waals surface area contributed by atoms with E-state index in [2.05, 4.69) is 18.8 Å². The number of aryl methyl sites for hydroxylation is 1. The molecule has 0 saturated carbocycles. The van der Waals surface area contributed by atoms with Gasteiger partial charge in [0.05, 0.1) is 11.6 Å². The van der Waals surface area contributed by atoms with Gasteiger partial charge in [0.2, 0.25) is 0 Å². The van der Waals surface area contributed by atoms with Crippen LogP contribution in [0, 0.1) is 12.3 Å². The predicted molar refractivity (Wildman–Crippen MR) is 114 cm³/mol. The molecule has 5 heteroatoms. The molecule has 3 rings (SSSR count). The number of aromatic nitrogens is 1. The van der Waals surface area contributed by atoms with E-state index in [1.807, 2.05) is 50.2 Å². The molecule has 0 radical (unpaired) electrons. The van der Waals surface area contributed by atoms with Gasteiger partial charge in [-0.05, 0) is 51.3 Å². The molecule has 1 fully saturated rings. The molecular weight excluding hydrogens is 348 g/mol. The van der Waals surface area contributed by atoms with E-state index < -0.39 is 0 Å². The van der Waals surface area contributed by atoms with Crippen molar-refractivity contribution < 1.29 is 4.74 Å². The van der Waals surface area contributed by atoms with Crippen LogP contribution >= 0.6 is 0 Å². The molecule has 2 aromatic rings. The number of hydrogen-bond donors (Lipinski definition) is 2. The third-order valence-electron chi connectivity index (χ3n) is 5.34. The Morgan fingerprint density at radius 3 is 2.68 bits per heavy atom. The van der Waals surface area contributed by atoms with Gasteiger partial charge in [0.1, 0.15) is 5.84 Å². The van der Waals surface area contributed by atoms with Gasteiger partial charge < -0.3 is 15.9 Å². The maximum Gasteiger partial charge on any atom is 0.126 e. The molecule has 1 aromatic heterocycles. The van der Waals surface area contributed by atoms with Gasteiger partial charge in [0, 0.05) is 41.3 Å². The van der Waals surface area contributed by atoms with Crippen molar-refractivity contribution in [2.45, 2.75) is 58.1 Å². The van der Waals surface area contributed by atoms with Crippen LogP contribution in [0.1, 0.15) is 61.9 Å². The normalized spacial score (nSPS) is 20.6. The standard InChI is InChI=1S/C23H30N4O/c1-15-13-17(9-11-26-15)16(2)21(24)19-7-5-6-8-20(19)22(25)27-18-10-12-28-23(3,4)14-18/h5-9,11,13,16,18,24H,10,12,14H2,1-4H3,(H2,25,27). The topological polar surface area (TPSA) is 84.4 Å². The number of nitrogens with two attached hydrogens (primary N) is 1. The predicted octanol–water partition coefficient (Wildman–Crippen LogP) is 4.22. The highest BCUT2D eigenvalue weighted by molar-refractivity contribution is 6.12. The van der Waals surface area contributed by atoms with Crippen LogP contribution in [-0.4, -0.2) is 34.8 Å². The lowest BCUT2D eigenvalue weighted by molar-refractivity contribution is -0.0575. The Morgan fingerprint density at radius 1 is 1.29 bits per heavy atom. The molecule has 0 aliphatic carbocycles. The van der Waals surface area contributed by atoms with Crippen molar-refractivity contribution in [2.75, 3.05) is 6.61 Å². The number of ether oxygens (including phenoxy) is 1. The first-order valence-electron chi connectivity index (χ1n) is 9.85. The van der Waals surface area contributed by atoms with Gasteiger partial charge in [-0.25, -0.2) is 0 Å². The molecular formula is C23H30N4O. The Labute approximate surface area is 167 Å². The molecule has 1 aromatic carbocycles. The second-order valence-electron chi connectivity index (χ2n) is 8.18. The number of rotatable bonds is 5. The van der Waals surface area contributed by atoms with Crippen LogP contribution in [0.2, 0.25) is 0 Å². The van der Waals surface area contributed by atoms with Crippen LogP contribution < -0.4 is 5.73 Å². The molecule has 1 aliphatic heterocycles. The van der Waals surface area contributed by atoms with Gasteiger partial charge in [-0.3, -0.25) is 9.98 Å². The highest BCUT2D eigenvalue weighted by Gasteiger charge is 2.29. The molecule has 28 heavy (non-hydrogen) atoms. The van der Waals surface area contributed by atoms with Crippen LogP contribution in [0.4, 0.5) is 0 Å². The summed E-state index contributed by atoms with van der Waals surface area (Å²) in [5.74, 6) is 0.443. The molecule has 1 aliphatic rings. The van der Waals surface area contributed by atoms with Gasteiger partial charge in [-0.2, -0.15) is 0 Å². The minimum Gasteiger partial charge on any atom is -0.383 e. The quantitative estimate of drug-likeness (QED) is 0.603. The Morgan fingerprint density at radius 2 is 2.00 bits per heavy atom. The number of amidine groups is 1. The van der Waals surface area contributed by atoms with Crippen LogP contribution in [0.25, 0.3) is 0 Å². The minimum absolute atomic E-state index is 0.0577. The van der Waals surface area contributed by atoms with Gasteiger partial charge >= 0.3 is 0 Å². The maximum absolute atomic E-state index is 8.81. The Kier molecular flexibility index (Phi) is 5.94. The van der Waals surface area contributed by atoms with Gasteiger partial charge in [0.15, 0.2) is 0 Å². The molecule has 2 unspecified atom stereocenters. The average Bonchev–Trinajstić information content (AvgIpc) is 2.66. The molecule has 0 bridgehead atoms. The summed E-state index contributed by atoms with van der Waals surface area (Å²) in [4.78, 5) is 9.06. The van der Waals surface area contributed by atoms with E-state index >= 15 is 0 Å². The number of nitrogens with zero attached hydrogens (tertiary/aromatic N) is 2. The van der Waals surface area contributed by atoms with Crippen LogP contribution in [0.15, 0.2) is 47.6 Å². The highest BCUT2D eigenvalue weighted by Crippen LogP contribution is 2.27. The van der Waals surface area contributed by atoms with Crippen LogP contribution in [0.5, 0.6) is 0 Å². The second kappa shape index (κ2) is 8.23. The summed E-state index contributed by atoms with van der Waals surface area (Å²) in [5, 5.41) is 8.81. The molecule has 148 valence electrons. The fourth-order valence-electron chi connectivity index (χ4n) is 3.75. The zero-order valence-electron chi connectivity index (χ0n) is 17.2. The summed E-state index contributed by atoms with van der Waals surface area (Å²) in [6.07, 6.45) is 3.51. The van der Waals surface area contributed by atoms with Crippen molar-refractivity contribution in [1.82, 2.24) is 4.98 Å². The van der Waals surface area contributed by atoms with E-state index in [1.54, 1.807) is 6.20 Å². The van der Waals surface area contributed by atoms with Crippen molar-refractivity contribution >= 4 is 11.5 Å². The van der Waals surface area contributed by atoms with Gasteiger partial charge in [-0.15, -0.1) is 0 Å². The molecule has 5 nitrogen and oxygen atoms in total. The lowest BCUT2D eigenvalue weighted by Gasteiger charge is -2.33. The van der Waals surface area contributed by atoms with Crippen molar-refractivity contribution in [1.29, 1.82) is 5.41 Å². The first-order chi connectivity index (χ1) is 13.3. The number of hydrogen-bond acceptors (Lipinski definition) is 4. The zero-order chi connectivity index (χ0) is 20.3. The molecule has 0 spiro atoms. The first kappa shape index (κ1) is 20.2. The maximum atomic E-state index is 8.81. The van der Waals surface area contributed by atoms with E-state index in [4.69, 9.17) is 20.9 Å². The molecule has 0 amide bonds. The molecule has 1 saturated heterocycles. The Balaban J connectivity index is 1.88. The van der Waals surface area contributed by atoms with Crippen molar-refractivity contribution in [2.24, 2.45) is 10.7 Å². The fourth-order valence-corrected chi connectivity index (χ4v) is 3.75. The highest BCUT2D eigenvalue weighted by atomic mass is 16.5. The van der Waals surface area contributed by atoms with E-state index in [0.29, 0.717) is 18.2 Å². The summed E-state index contributed by atoms with van der Waals surface area (Å²) < 4.78 is 5.79. The summed E-state index contributed by atoms with van der Waals surface area (Å²) in [7, 11) is 0. The monoisotopic (exact) mass is 378 g/mol. The number of benzene rings is 1. The lowest BCUT2D eigenvalue weighted by atomic mass is 9.89. The lowest BCUT2D eigenvalue weighted by Crippen LogP contribution is -2.37.